The molecule has 3 rings (SSSR count). The molecule has 2 aliphatic heterocycles. The predicted octanol–water partition coefficient (Wildman–Crippen LogP) is 2.29. The van der Waals surface area contributed by atoms with Crippen LogP contribution in [0.5, 0.6) is 0 Å². The minimum atomic E-state index is -0.890. The zero-order valence-corrected chi connectivity index (χ0v) is 13.2. The van der Waals surface area contributed by atoms with Crippen LogP contribution in [0.15, 0.2) is 17.1 Å². The number of piperidine rings is 1. The third-order valence-corrected chi connectivity index (χ3v) is 4.91. The van der Waals surface area contributed by atoms with Crippen molar-refractivity contribution < 1.29 is 14.6 Å². The monoisotopic (exact) mass is 306 g/mol. The number of nitrogens with one attached hydrogen (secondary N) is 1. The zero-order chi connectivity index (χ0) is 16.1. The third kappa shape index (κ3) is 2.31. The molecule has 1 amide bonds. The number of rotatable bonds is 0. The van der Waals surface area contributed by atoms with E-state index in [2.05, 4.69) is 4.98 Å². The van der Waals surface area contributed by atoms with Crippen molar-refractivity contribution in [1.29, 1.82) is 0 Å². The Labute approximate surface area is 129 Å². The molecule has 2 atom stereocenters. The van der Waals surface area contributed by atoms with E-state index in [0.29, 0.717) is 26.0 Å². The van der Waals surface area contributed by atoms with Crippen molar-refractivity contribution in [2.45, 2.75) is 51.9 Å². The molecule has 6 nitrogen and oxygen atoms in total. The van der Waals surface area contributed by atoms with E-state index >= 15 is 0 Å². The van der Waals surface area contributed by atoms with E-state index in [-0.39, 0.29) is 17.0 Å². The maximum absolute atomic E-state index is 11.7. The van der Waals surface area contributed by atoms with E-state index in [9.17, 15) is 14.7 Å². The van der Waals surface area contributed by atoms with Crippen molar-refractivity contribution in [2.75, 3.05) is 6.54 Å². The first kappa shape index (κ1) is 15.1. The molecular weight excluding hydrogens is 284 g/mol. The quantitative estimate of drug-likeness (QED) is 0.770. The Balaban J connectivity index is 2.01. The summed E-state index contributed by atoms with van der Waals surface area (Å²) in [4.78, 5) is 27.4. The smallest absolute Gasteiger partial charge is 0.407 e. The summed E-state index contributed by atoms with van der Waals surface area (Å²) in [6, 6.07) is 1.46. The molecule has 2 N–H and O–H groups in total. The molecule has 1 saturated heterocycles. The van der Waals surface area contributed by atoms with Crippen LogP contribution < -0.4 is 5.56 Å². The maximum Gasteiger partial charge on any atom is 0.407 e. The molecule has 1 spiro atoms. The minimum absolute atomic E-state index is 0.142. The summed E-state index contributed by atoms with van der Waals surface area (Å²) < 4.78 is 6.08. The van der Waals surface area contributed by atoms with Gasteiger partial charge in [-0.1, -0.05) is 20.8 Å². The van der Waals surface area contributed by atoms with Gasteiger partial charge in [-0.25, -0.2) is 4.79 Å². The maximum atomic E-state index is 11.7. The number of amides is 1. The second-order valence-corrected chi connectivity index (χ2v) is 7.33. The van der Waals surface area contributed by atoms with Gasteiger partial charge in [0.1, 0.15) is 0 Å². The summed E-state index contributed by atoms with van der Waals surface area (Å²) in [7, 11) is 0. The number of likely N-dealkylation sites (tertiary alicyclic amines) is 1. The number of fused-ring (bicyclic) bond motifs is 2. The van der Waals surface area contributed by atoms with Crippen molar-refractivity contribution in [3.05, 3.63) is 33.7 Å². The van der Waals surface area contributed by atoms with E-state index in [1.807, 2.05) is 20.8 Å². The highest BCUT2D eigenvalue weighted by Crippen LogP contribution is 2.48. The minimum Gasteiger partial charge on any atom is -0.465 e. The number of ether oxygens (including phenoxy) is 1. The Morgan fingerprint density at radius 2 is 2.23 bits per heavy atom. The number of carbonyl (C=O) groups is 1. The molecule has 0 aliphatic carbocycles. The van der Waals surface area contributed by atoms with E-state index in [4.69, 9.17) is 4.74 Å². The molecule has 1 fully saturated rings. The second kappa shape index (κ2) is 4.84. The number of nitrogens with zero attached hydrogens (tertiary/aromatic N) is 1. The Kier molecular flexibility index (Phi) is 3.32. The van der Waals surface area contributed by atoms with Crippen molar-refractivity contribution in [2.24, 2.45) is 5.41 Å². The lowest BCUT2D eigenvalue weighted by Crippen LogP contribution is -2.55. The Bertz CT molecular complexity index is 661. The van der Waals surface area contributed by atoms with Gasteiger partial charge in [0.25, 0.3) is 0 Å². The molecule has 1 aromatic rings. The van der Waals surface area contributed by atoms with Crippen LogP contribution in [0.3, 0.4) is 0 Å². The average molecular weight is 306 g/mol. The molecule has 2 unspecified atom stereocenters. The number of hydrogen-bond donors (Lipinski definition) is 2. The van der Waals surface area contributed by atoms with Crippen LogP contribution in [-0.2, 0) is 16.9 Å². The first-order valence-corrected chi connectivity index (χ1v) is 7.58. The summed E-state index contributed by atoms with van der Waals surface area (Å²) in [5, 5.41) is 9.47. The molecule has 0 aromatic carbocycles. The van der Waals surface area contributed by atoms with Gasteiger partial charge < -0.3 is 19.7 Å². The Morgan fingerprint density at radius 1 is 1.50 bits per heavy atom. The molecule has 3 heterocycles. The van der Waals surface area contributed by atoms with Crippen LogP contribution in [0.2, 0.25) is 0 Å². The lowest BCUT2D eigenvalue weighted by molar-refractivity contribution is -0.106. The van der Waals surface area contributed by atoms with Crippen LogP contribution in [0.4, 0.5) is 4.79 Å². The highest BCUT2D eigenvalue weighted by atomic mass is 16.5. The normalized spacial score (nSPS) is 28.0. The summed E-state index contributed by atoms with van der Waals surface area (Å²) in [6.45, 7) is 7.01. The fourth-order valence-electron chi connectivity index (χ4n) is 3.70. The molecule has 0 radical (unpaired) electrons. The number of carboxylic acid groups (broad SMARTS) is 1. The fraction of sp³-hybridized carbons (Fsp3) is 0.625. The molecule has 6 heteroatoms. The molecule has 2 aliphatic rings. The SMILES string of the molecule is CC(C)(C)C1CC2(CCN1C(=O)O)OCc1c[nH]c(=O)cc12. The molecule has 22 heavy (non-hydrogen) atoms. The molecule has 0 saturated carbocycles. The van der Waals surface area contributed by atoms with E-state index < -0.39 is 11.7 Å². The number of aromatic nitrogens is 1. The van der Waals surface area contributed by atoms with Crippen LogP contribution >= 0.6 is 0 Å². The van der Waals surface area contributed by atoms with Gasteiger partial charge >= 0.3 is 6.09 Å². The molecule has 120 valence electrons. The highest BCUT2D eigenvalue weighted by Gasteiger charge is 2.50. The lowest BCUT2D eigenvalue weighted by atomic mass is 9.73. The van der Waals surface area contributed by atoms with Crippen molar-refractivity contribution in [3.63, 3.8) is 0 Å². The van der Waals surface area contributed by atoms with E-state index in [0.717, 1.165) is 11.1 Å². The molecular formula is C16H22N2O4. The average Bonchev–Trinajstić information content (AvgIpc) is 2.76. The van der Waals surface area contributed by atoms with Crippen molar-refractivity contribution in [3.8, 4) is 0 Å². The van der Waals surface area contributed by atoms with Gasteiger partial charge in [0.15, 0.2) is 0 Å². The zero-order valence-electron chi connectivity index (χ0n) is 13.2. The summed E-state index contributed by atoms with van der Waals surface area (Å²) in [5.74, 6) is 0. The van der Waals surface area contributed by atoms with Gasteiger partial charge in [-0.2, -0.15) is 0 Å². The number of hydrogen-bond acceptors (Lipinski definition) is 3. The molecule has 1 aromatic heterocycles. The van der Waals surface area contributed by atoms with E-state index in [1.165, 1.54) is 4.90 Å². The number of aromatic amines is 1. The summed E-state index contributed by atoms with van der Waals surface area (Å²) >= 11 is 0. The van der Waals surface area contributed by atoms with Crippen LogP contribution in [-0.4, -0.2) is 33.7 Å². The topological polar surface area (TPSA) is 82.6 Å². The largest absolute Gasteiger partial charge is 0.465 e. The van der Waals surface area contributed by atoms with Crippen molar-refractivity contribution >= 4 is 6.09 Å². The van der Waals surface area contributed by atoms with Gasteiger partial charge in [0, 0.05) is 36.8 Å². The molecule has 0 bridgehead atoms. The second-order valence-electron chi connectivity index (χ2n) is 7.33. The van der Waals surface area contributed by atoms with E-state index in [1.54, 1.807) is 12.3 Å². The Morgan fingerprint density at radius 3 is 2.86 bits per heavy atom. The van der Waals surface area contributed by atoms with Crippen LogP contribution in [0.25, 0.3) is 0 Å². The van der Waals surface area contributed by atoms with Gasteiger partial charge in [-0.3, -0.25) is 4.79 Å². The predicted molar refractivity (Wildman–Crippen MR) is 80.7 cm³/mol. The Hall–Kier alpha value is -1.82. The summed E-state index contributed by atoms with van der Waals surface area (Å²) in [5.41, 5.74) is 1.05. The van der Waals surface area contributed by atoms with Crippen molar-refractivity contribution in [1.82, 2.24) is 9.88 Å². The highest BCUT2D eigenvalue weighted by molar-refractivity contribution is 5.66. The van der Waals surface area contributed by atoms with Gasteiger partial charge in [0.2, 0.25) is 5.56 Å². The van der Waals surface area contributed by atoms with Crippen LogP contribution in [0, 0.1) is 5.41 Å². The standard InChI is InChI=1S/C16H22N2O4/c1-15(2,3)12-7-16(4-5-18(12)14(20)21)11-6-13(19)17-8-10(11)9-22-16/h6,8,12H,4-5,7,9H2,1-3H3,(H,17,19)(H,20,21). The third-order valence-electron chi connectivity index (χ3n) is 4.91. The lowest BCUT2D eigenvalue weighted by Gasteiger charge is -2.48. The van der Waals surface area contributed by atoms with Crippen LogP contribution in [0.1, 0.15) is 44.7 Å². The first-order chi connectivity index (χ1) is 10.2. The fourth-order valence-corrected chi connectivity index (χ4v) is 3.70. The van der Waals surface area contributed by atoms with Gasteiger partial charge in [-0.05, 0) is 17.4 Å². The number of H-pyrrole nitrogens is 1. The van der Waals surface area contributed by atoms with Gasteiger partial charge in [0.05, 0.1) is 12.2 Å². The number of pyridine rings is 1. The van der Waals surface area contributed by atoms with Gasteiger partial charge in [-0.15, -0.1) is 0 Å². The first-order valence-electron chi connectivity index (χ1n) is 7.58. The summed E-state index contributed by atoms with van der Waals surface area (Å²) in [6.07, 6.45) is 1.99.